The van der Waals surface area contributed by atoms with Gasteiger partial charge in [-0.25, -0.2) is 8.42 Å². The Morgan fingerprint density at radius 2 is 1.75 bits per heavy atom. The Balaban J connectivity index is 2.73. The number of halogens is 2. The first-order valence-electron chi connectivity index (χ1n) is 4.27. The molecule has 16 heavy (non-hydrogen) atoms. The van der Waals surface area contributed by atoms with Gasteiger partial charge < -0.3 is 5.32 Å². The first-order valence-corrected chi connectivity index (χ1v) is 7.09. The molecule has 0 bridgehead atoms. The third-order valence-electron chi connectivity index (χ3n) is 1.51. The Morgan fingerprint density at radius 3 is 2.19 bits per heavy atom. The zero-order chi connectivity index (χ0) is 12.3. The summed E-state index contributed by atoms with van der Waals surface area (Å²) in [4.78, 5) is 11.1. The van der Waals surface area contributed by atoms with Crippen LogP contribution in [0.4, 0.5) is 5.95 Å². The van der Waals surface area contributed by atoms with Crippen molar-refractivity contribution >= 4 is 39.0 Å². The third kappa shape index (κ3) is 4.91. The largest absolute Gasteiger partial charge is 0.351 e. The van der Waals surface area contributed by atoms with Crippen LogP contribution in [0.25, 0.3) is 0 Å². The molecule has 90 valence electrons. The summed E-state index contributed by atoms with van der Waals surface area (Å²) in [7, 11) is -3.06. The lowest BCUT2D eigenvalue weighted by Crippen LogP contribution is -2.26. The zero-order valence-electron chi connectivity index (χ0n) is 8.61. The van der Waals surface area contributed by atoms with Gasteiger partial charge in [-0.05, 0) is 30.1 Å². The molecule has 0 amide bonds. The van der Waals surface area contributed by atoms with Crippen molar-refractivity contribution in [3.8, 4) is 0 Å². The fourth-order valence-corrected chi connectivity index (χ4v) is 2.46. The van der Waals surface area contributed by atoms with Gasteiger partial charge in [0.25, 0.3) is 0 Å². The van der Waals surface area contributed by atoms with Gasteiger partial charge in [0.05, 0.1) is 5.75 Å². The number of aromatic nitrogens is 3. The molecule has 0 saturated heterocycles. The Kier molecular flexibility index (Phi) is 4.28. The SMILES string of the molecule is CC(CS(C)(=O)=O)Nc1nc(Cl)nc(Cl)n1. The molecule has 1 rings (SSSR count). The van der Waals surface area contributed by atoms with Crippen LogP contribution in [-0.4, -0.2) is 41.4 Å². The number of nitrogens with one attached hydrogen (secondary N) is 1. The summed E-state index contributed by atoms with van der Waals surface area (Å²) < 4.78 is 22.0. The Bertz CT molecular complexity index is 459. The number of hydrogen-bond acceptors (Lipinski definition) is 6. The van der Waals surface area contributed by atoms with Crippen molar-refractivity contribution in [2.45, 2.75) is 13.0 Å². The van der Waals surface area contributed by atoms with Crippen LogP contribution in [0.1, 0.15) is 6.92 Å². The molecule has 1 aromatic heterocycles. The van der Waals surface area contributed by atoms with Gasteiger partial charge in [-0.1, -0.05) is 0 Å². The van der Waals surface area contributed by atoms with Gasteiger partial charge in [-0.3, -0.25) is 0 Å². The predicted octanol–water partition coefficient (Wildman–Crippen LogP) is 1.02. The number of hydrogen-bond donors (Lipinski definition) is 1. The van der Waals surface area contributed by atoms with Crippen LogP contribution in [0.2, 0.25) is 10.6 Å². The number of sulfone groups is 1. The van der Waals surface area contributed by atoms with Crippen molar-refractivity contribution in [1.82, 2.24) is 15.0 Å². The van der Waals surface area contributed by atoms with E-state index >= 15 is 0 Å². The van der Waals surface area contributed by atoms with Crippen molar-refractivity contribution in [3.05, 3.63) is 10.6 Å². The summed E-state index contributed by atoms with van der Waals surface area (Å²) in [5.41, 5.74) is 0. The van der Waals surface area contributed by atoms with E-state index < -0.39 is 9.84 Å². The fourth-order valence-electron chi connectivity index (χ4n) is 1.11. The zero-order valence-corrected chi connectivity index (χ0v) is 10.9. The molecule has 9 heteroatoms. The molecular weight excluding hydrogens is 275 g/mol. The minimum atomic E-state index is -3.06. The number of anilines is 1. The molecule has 0 aliphatic rings. The maximum atomic E-state index is 11.0. The van der Waals surface area contributed by atoms with Gasteiger partial charge >= 0.3 is 0 Å². The van der Waals surface area contributed by atoms with Crippen LogP contribution in [0.3, 0.4) is 0 Å². The summed E-state index contributed by atoms with van der Waals surface area (Å²) in [5.74, 6) is 0.120. The van der Waals surface area contributed by atoms with Crippen molar-refractivity contribution in [3.63, 3.8) is 0 Å². The van der Waals surface area contributed by atoms with E-state index in [2.05, 4.69) is 20.3 Å². The Morgan fingerprint density at radius 1 is 1.25 bits per heavy atom. The van der Waals surface area contributed by atoms with E-state index in [1.807, 2.05) is 0 Å². The van der Waals surface area contributed by atoms with Gasteiger partial charge in [0.1, 0.15) is 9.84 Å². The molecule has 6 nitrogen and oxygen atoms in total. The van der Waals surface area contributed by atoms with E-state index in [-0.39, 0.29) is 28.3 Å². The summed E-state index contributed by atoms with van der Waals surface area (Å²) in [5, 5.41) is 2.68. The van der Waals surface area contributed by atoms with Gasteiger partial charge in [-0.15, -0.1) is 0 Å². The highest BCUT2D eigenvalue weighted by molar-refractivity contribution is 7.90. The summed E-state index contributed by atoms with van der Waals surface area (Å²) >= 11 is 11.1. The van der Waals surface area contributed by atoms with Gasteiger partial charge in [-0.2, -0.15) is 15.0 Å². The first kappa shape index (κ1) is 13.4. The lowest BCUT2D eigenvalue weighted by Gasteiger charge is -2.12. The molecule has 1 heterocycles. The Labute approximate surface area is 103 Å². The van der Waals surface area contributed by atoms with Crippen LogP contribution in [0.5, 0.6) is 0 Å². The molecule has 0 spiro atoms. The maximum Gasteiger partial charge on any atom is 0.228 e. The molecule has 0 radical (unpaired) electrons. The minimum Gasteiger partial charge on any atom is -0.351 e. The fraction of sp³-hybridized carbons (Fsp3) is 0.571. The van der Waals surface area contributed by atoms with Gasteiger partial charge in [0, 0.05) is 12.3 Å². The van der Waals surface area contributed by atoms with Crippen molar-refractivity contribution in [2.75, 3.05) is 17.3 Å². The standard InChI is InChI=1S/C7H10Cl2N4O2S/c1-4(3-16(2,14)15)10-7-12-5(8)11-6(9)13-7/h4H,3H2,1-2H3,(H,10,11,12,13). The lowest BCUT2D eigenvalue weighted by molar-refractivity contribution is 0.597. The number of nitrogens with zero attached hydrogens (tertiary/aromatic N) is 3. The molecule has 1 unspecified atom stereocenters. The summed E-state index contributed by atoms with van der Waals surface area (Å²) in [6.07, 6.45) is 1.15. The highest BCUT2D eigenvalue weighted by atomic mass is 35.5. The molecule has 1 atom stereocenters. The molecule has 0 aliphatic carbocycles. The summed E-state index contributed by atoms with van der Waals surface area (Å²) in [6, 6.07) is -0.343. The molecular formula is C7H10Cl2N4O2S. The van der Waals surface area contributed by atoms with Crippen LogP contribution in [-0.2, 0) is 9.84 Å². The van der Waals surface area contributed by atoms with E-state index in [0.717, 1.165) is 6.26 Å². The number of rotatable bonds is 4. The first-order chi connectivity index (χ1) is 7.26. The summed E-state index contributed by atoms with van der Waals surface area (Å²) in [6.45, 7) is 1.69. The van der Waals surface area contributed by atoms with Crippen molar-refractivity contribution in [2.24, 2.45) is 0 Å². The predicted molar refractivity (Wildman–Crippen MR) is 62.6 cm³/mol. The average molecular weight is 285 g/mol. The lowest BCUT2D eigenvalue weighted by atomic mass is 10.4. The van der Waals surface area contributed by atoms with E-state index in [1.54, 1.807) is 6.92 Å². The second kappa shape index (κ2) is 5.11. The molecule has 1 aromatic rings. The van der Waals surface area contributed by atoms with Crippen LogP contribution in [0, 0.1) is 0 Å². The highest BCUT2D eigenvalue weighted by Crippen LogP contribution is 2.10. The highest BCUT2D eigenvalue weighted by Gasteiger charge is 2.12. The topological polar surface area (TPSA) is 84.8 Å². The van der Waals surface area contributed by atoms with E-state index in [4.69, 9.17) is 23.2 Å². The monoisotopic (exact) mass is 284 g/mol. The normalized spacial score (nSPS) is 13.5. The smallest absolute Gasteiger partial charge is 0.228 e. The molecule has 0 aliphatic heterocycles. The van der Waals surface area contributed by atoms with Crippen LogP contribution >= 0.6 is 23.2 Å². The molecule has 1 N–H and O–H groups in total. The second-order valence-corrected chi connectivity index (χ2v) is 6.20. The van der Waals surface area contributed by atoms with E-state index in [9.17, 15) is 8.42 Å². The Hall–Kier alpha value is -0.660. The van der Waals surface area contributed by atoms with Gasteiger partial charge in [0.2, 0.25) is 16.5 Å². The van der Waals surface area contributed by atoms with Crippen molar-refractivity contribution in [1.29, 1.82) is 0 Å². The quantitative estimate of drug-likeness (QED) is 0.889. The second-order valence-electron chi connectivity index (χ2n) is 3.33. The van der Waals surface area contributed by atoms with E-state index in [1.165, 1.54) is 0 Å². The maximum absolute atomic E-state index is 11.0. The molecule has 0 aromatic carbocycles. The third-order valence-corrected chi connectivity index (χ3v) is 2.95. The molecule has 0 saturated carbocycles. The van der Waals surface area contributed by atoms with Crippen LogP contribution < -0.4 is 5.32 Å². The van der Waals surface area contributed by atoms with E-state index in [0.29, 0.717) is 0 Å². The minimum absolute atomic E-state index is 0.0338. The van der Waals surface area contributed by atoms with Crippen molar-refractivity contribution < 1.29 is 8.42 Å². The van der Waals surface area contributed by atoms with Gasteiger partial charge in [0.15, 0.2) is 0 Å². The molecule has 0 fully saturated rings. The van der Waals surface area contributed by atoms with Crippen LogP contribution in [0.15, 0.2) is 0 Å². The average Bonchev–Trinajstić information content (AvgIpc) is 1.96.